The van der Waals surface area contributed by atoms with Gasteiger partial charge in [-0.15, -0.1) is 11.8 Å². The Kier molecular flexibility index (Phi) is 5.95. The maximum absolute atomic E-state index is 11.3. The Bertz CT molecular complexity index is 267. The van der Waals surface area contributed by atoms with Crippen LogP contribution in [0.25, 0.3) is 0 Å². The summed E-state index contributed by atoms with van der Waals surface area (Å²) in [5, 5.41) is 0. The molecule has 0 aromatic heterocycles. The molecule has 0 atom stereocenters. The summed E-state index contributed by atoms with van der Waals surface area (Å²) in [5.41, 5.74) is 0. The highest BCUT2D eigenvalue weighted by atomic mass is 16.5. The van der Waals surface area contributed by atoms with Gasteiger partial charge in [0.25, 0.3) is 0 Å². The van der Waals surface area contributed by atoms with Gasteiger partial charge < -0.3 is 9.47 Å². The largest absolute Gasteiger partial charge is 0.469 e. The number of ether oxygens (including phenoxy) is 2. The summed E-state index contributed by atoms with van der Waals surface area (Å²) < 4.78 is 10.4. The van der Waals surface area contributed by atoms with Crippen LogP contribution in [-0.4, -0.2) is 25.8 Å². The topological polar surface area (TPSA) is 35.5 Å². The molecule has 3 heteroatoms. The second kappa shape index (κ2) is 7.29. The van der Waals surface area contributed by atoms with E-state index in [2.05, 4.69) is 11.8 Å². The molecule has 0 radical (unpaired) electrons. The van der Waals surface area contributed by atoms with Gasteiger partial charge >= 0.3 is 5.97 Å². The van der Waals surface area contributed by atoms with Crippen molar-refractivity contribution in [3.05, 3.63) is 0 Å². The van der Waals surface area contributed by atoms with E-state index in [1.807, 2.05) is 6.92 Å². The zero-order chi connectivity index (χ0) is 11.8. The molecule has 90 valence electrons. The quantitative estimate of drug-likeness (QED) is 0.417. The van der Waals surface area contributed by atoms with Gasteiger partial charge in [-0.1, -0.05) is 0 Å². The number of carbonyl (C=O) groups excluding carboxylic acids is 1. The Morgan fingerprint density at radius 2 is 2.00 bits per heavy atom. The molecule has 16 heavy (non-hydrogen) atoms. The first kappa shape index (κ1) is 13.1. The van der Waals surface area contributed by atoms with Gasteiger partial charge in [0.2, 0.25) is 0 Å². The number of rotatable bonds is 4. The first-order chi connectivity index (χ1) is 7.77. The summed E-state index contributed by atoms with van der Waals surface area (Å²) >= 11 is 0. The van der Waals surface area contributed by atoms with E-state index >= 15 is 0 Å². The summed E-state index contributed by atoms with van der Waals surface area (Å²) in [6, 6.07) is 0. The van der Waals surface area contributed by atoms with E-state index in [0.717, 1.165) is 32.1 Å². The van der Waals surface area contributed by atoms with Crippen molar-refractivity contribution >= 4 is 5.97 Å². The molecular weight excluding hydrogens is 204 g/mol. The SMILES string of the molecule is CC#CCCOC1CCC(C(=O)OC)CC1. The van der Waals surface area contributed by atoms with Crippen LogP contribution in [0.1, 0.15) is 39.0 Å². The van der Waals surface area contributed by atoms with Crippen LogP contribution >= 0.6 is 0 Å². The van der Waals surface area contributed by atoms with Crippen molar-refractivity contribution in [2.24, 2.45) is 5.92 Å². The van der Waals surface area contributed by atoms with Gasteiger partial charge in [0.15, 0.2) is 0 Å². The predicted octanol–water partition coefficient (Wildman–Crippen LogP) is 2.15. The Hall–Kier alpha value is -1.01. The van der Waals surface area contributed by atoms with E-state index in [9.17, 15) is 4.79 Å². The Morgan fingerprint density at radius 3 is 2.56 bits per heavy atom. The second-order valence-corrected chi connectivity index (χ2v) is 4.04. The average Bonchev–Trinajstić information content (AvgIpc) is 2.34. The van der Waals surface area contributed by atoms with Gasteiger partial charge in [0.1, 0.15) is 0 Å². The van der Waals surface area contributed by atoms with Crippen LogP contribution in [0.4, 0.5) is 0 Å². The molecule has 0 N–H and O–H groups in total. The Labute approximate surface area is 97.5 Å². The Balaban J connectivity index is 2.16. The van der Waals surface area contributed by atoms with Crippen molar-refractivity contribution < 1.29 is 14.3 Å². The zero-order valence-corrected chi connectivity index (χ0v) is 10.1. The normalized spacial score (nSPS) is 24.4. The van der Waals surface area contributed by atoms with Crippen molar-refractivity contribution in [1.82, 2.24) is 0 Å². The zero-order valence-electron chi connectivity index (χ0n) is 10.1. The summed E-state index contributed by atoms with van der Waals surface area (Å²) in [7, 11) is 1.45. The molecule has 0 heterocycles. The minimum Gasteiger partial charge on any atom is -0.469 e. The standard InChI is InChI=1S/C13H20O3/c1-3-4-5-10-16-12-8-6-11(7-9-12)13(14)15-2/h11-12H,5-10H2,1-2H3. The number of esters is 1. The maximum Gasteiger partial charge on any atom is 0.308 e. The summed E-state index contributed by atoms with van der Waals surface area (Å²) in [4.78, 5) is 11.3. The highest BCUT2D eigenvalue weighted by molar-refractivity contribution is 5.72. The smallest absolute Gasteiger partial charge is 0.308 e. The van der Waals surface area contributed by atoms with Gasteiger partial charge in [0, 0.05) is 6.42 Å². The summed E-state index contributed by atoms with van der Waals surface area (Å²) in [6.07, 6.45) is 4.79. The highest BCUT2D eigenvalue weighted by Gasteiger charge is 2.26. The molecule has 3 nitrogen and oxygen atoms in total. The van der Waals surface area contributed by atoms with Crippen molar-refractivity contribution in [3.63, 3.8) is 0 Å². The lowest BCUT2D eigenvalue weighted by Crippen LogP contribution is -2.27. The van der Waals surface area contributed by atoms with E-state index in [1.165, 1.54) is 7.11 Å². The fraction of sp³-hybridized carbons (Fsp3) is 0.769. The van der Waals surface area contributed by atoms with E-state index in [1.54, 1.807) is 0 Å². The van der Waals surface area contributed by atoms with E-state index in [4.69, 9.17) is 9.47 Å². The third kappa shape index (κ3) is 4.24. The van der Waals surface area contributed by atoms with Crippen LogP contribution in [0.15, 0.2) is 0 Å². The summed E-state index contributed by atoms with van der Waals surface area (Å²) in [6.45, 7) is 2.54. The minimum atomic E-state index is -0.0738. The van der Waals surface area contributed by atoms with Crippen LogP contribution in [-0.2, 0) is 14.3 Å². The molecule has 1 fully saturated rings. The first-order valence-electron chi connectivity index (χ1n) is 5.87. The molecule has 1 saturated carbocycles. The number of hydrogen-bond donors (Lipinski definition) is 0. The maximum atomic E-state index is 11.3. The number of methoxy groups -OCH3 is 1. The third-order valence-electron chi connectivity index (χ3n) is 2.97. The van der Waals surface area contributed by atoms with Gasteiger partial charge in [0.05, 0.1) is 25.7 Å². The molecular formula is C13H20O3. The van der Waals surface area contributed by atoms with Gasteiger partial charge in [-0.05, 0) is 32.6 Å². The highest BCUT2D eigenvalue weighted by Crippen LogP contribution is 2.26. The van der Waals surface area contributed by atoms with Crippen molar-refractivity contribution in [2.75, 3.05) is 13.7 Å². The molecule has 0 saturated heterocycles. The molecule has 0 unspecified atom stereocenters. The van der Waals surface area contributed by atoms with Crippen molar-refractivity contribution in [1.29, 1.82) is 0 Å². The fourth-order valence-corrected chi connectivity index (χ4v) is 2.03. The number of carbonyl (C=O) groups is 1. The molecule has 0 bridgehead atoms. The van der Waals surface area contributed by atoms with E-state index in [0.29, 0.717) is 12.7 Å². The Morgan fingerprint density at radius 1 is 1.31 bits per heavy atom. The van der Waals surface area contributed by atoms with Crippen LogP contribution in [0.3, 0.4) is 0 Å². The minimum absolute atomic E-state index is 0.0738. The molecule has 0 aromatic carbocycles. The fourth-order valence-electron chi connectivity index (χ4n) is 2.03. The van der Waals surface area contributed by atoms with E-state index < -0.39 is 0 Å². The molecule has 0 aliphatic heterocycles. The molecule has 1 rings (SSSR count). The third-order valence-corrected chi connectivity index (χ3v) is 2.97. The molecule has 1 aliphatic rings. The van der Waals surface area contributed by atoms with E-state index in [-0.39, 0.29) is 11.9 Å². The molecule has 0 amide bonds. The van der Waals surface area contributed by atoms with Crippen LogP contribution in [0, 0.1) is 17.8 Å². The van der Waals surface area contributed by atoms with Gasteiger partial charge in [-0.3, -0.25) is 4.79 Å². The van der Waals surface area contributed by atoms with Crippen LogP contribution in [0.5, 0.6) is 0 Å². The predicted molar refractivity (Wildman–Crippen MR) is 61.8 cm³/mol. The molecule has 0 aromatic rings. The summed E-state index contributed by atoms with van der Waals surface area (Å²) in [5.74, 6) is 5.83. The van der Waals surface area contributed by atoms with Gasteiger partial charge in [-0.25, -0.2) is 0 Å². The lowest BCUT2D eigenvalue weighted by molar-refractivity contribution is -0.147. The number of hydrogen-bond acceptors (Lipinski definition) is 3. The lowest BCUT2D eigenvalue weighted by Gasteiger charge is -2.26. The van der Waals surface area contributed by atoms with Crippen molar-refractivity contribution in [3.8, 4) is 11.8 Å². The second-order valence-electron chi connectivity index (χ2n) is 4.04. The molecule has 0 spiro atoms. The first-order valence-corrected chi connectivity index (χ1v) is 5.87. The molecule has 1 aliphatic carbocycles. The average molecular weight is 224 g/mol. The van der Waals surface area contributed by atoms with Crippen molar-refractivity contribution in [2.45, 2.75) is 45.1 Å². The van der Waals surface area contributed by atoms with Crippen LogP contribution in [0.2, 0.25) is 0 Å². The van der Waals surface area contributed by atoms with Gasteiger partial charge in [-0.2, -0.15) is 0 Å². The van der Waals surface area contributed by atoms with Crippen LogP contribution < -0.4 is 0 Å². The lowest BCUT2D eigenvalue weighted by atomic mass is 9.87. The monoisotopic (exact) mass is 224 g/mol.